The molecular weight excluding hydrogens is 651 g/mol. The molecular formula is C39H29IN4. The van der Waals surface area contributed by atoms with Gasteiger partial charge >= 0.3 is 0 Å². The fourth-order valence-electron chi connectivity index (χ4n) is 6.05. The van der Waals surface area contributed by atoms with E-state index >= 15 is 0 Å². The Morgan fingerprint density at radius 1 is 0.568 bits per heavy atom. The molecule has 1 N–H and O–H groups in total. The number of nitrogens with one attached hydrogen (secondary N) is 1. The van der Waals surface area contributed by atoms with E-state index in [9.17, 15) is 0 Å². The van der Waals surface area contributed by atoms with Gasteiger partial charge in [0, 0.05) is 34.9 Å². The van der Waals surface area contributed by atoms with E-state index < -0.39 is 0 Å². The fourth-order valence-corrected chi connectivity index (χ4v) is 6.05. The molecule has 0 fully saturated rings. The number of nitrogens with zero attached hydrogens (tertiary/aromatic N) is 3. The molecule has 0 atom stereocenters. The number of pyridine rings is 2. The van der Waals surface area contributed by atoms with Gasteiger partial charge in [-0.1, -0.05) is 84.9 Å². The third kappa shape index (κ3) is 5.09. The molecule has 7 aromatic rings. The molecule has 0 unspecified atom stereocenters. The lowest BCUT2D eigenvalue weighted by molar-refractivity contribution is 0.855. The molecule has 0 aliphatic carbocycles. The number of benzene rings is 4. The molecule has 4 heterocycles. The highest BCUT2D eigenvalue weighted by Gasteiger charge is 2.18. The zero-order valence-electron chi connectivity index (χ0n) is 23.9. The summed E-state index contributed by atoms with van der Waals surface area (Å²) in [6.07, 6.45) is 6.03. The van der Waals surface area contributed by atoms with Crippen LogP contribution in [0.15, 0.2) is 146 Å². The first-order chi connectivity index (χ1) is 21.3. The summed E-state index contributed by atoms with van der Waals surface area (Å²) in [4.78, 5) is 9.72. The SMILES string of the molecule is C1=Cc2c(c3ccccc3n2-c2ccc(-c3cc(-c4cccc(-c5ccccc5)c4)nc(-c4ccccn4)c3)cc2)CN1.I. The molecule has 4 aromatic carbocycles. The zero-order valence-corrected chi connectivity index (χ0v) is 26.2. The summed E-state index contributed by atoms with van der Waals surface area (Å²) in [6, 6.07) is 46.9. The molecule has 5 heteroatoms. The maximum Gasteiger partial charge on any atom is 0.0899 e. The normalized spacial score (nSPS) is 11.9. The van der Waals surface area contributed by atoms with Crippen LogP contribution < -0.4 is 5.32 Å². The minimum atomic E-state index is 0. The molecule has 0 bridgehead atoms. The van der Waals surface area contributed by atoms with E-state index in [-0.39, 0.29) is 24.0 Å². The summed E-state index contributed by atoms with van der Waals surface area (Å²) in [7, 11) is 0. The maximum absolute atomic E-state index is 5.09. The fraction of sp³-hybridized carbons (Fsp3) is 0.0256. The molecule has 4 nitrogen and oxygen atoms in total. The van der Waals surface area contributed by atoms with Gasteiger partial charge in [-0.05, 0) is 83.1 Å². The van der Waals surface area contributed by atoms with E-state index in [1.54, 1.807) is 0 Å². The first-order valence-corrected chi connectivity index (χ1v) is 14.5. The maximum atomic E-state index is 5.09. The Morgan fingerprint density at radius 2 is 1.30 bits per heavy atom. The van der Waals surface area contributed by atoms with E-state index in [0.717, 1.165) is 46.0 Å². The number of fused-ring (bicyclic) bond motifs is 3. The zero-order chi connectivity index (χ0) is 28.6. The van der Waals surface area contributed by atoms with Crippen molar-refractivity contribution in [1.82, 2.24) is 19.9 Å². The Morgan fingerprint density at radius 3 is 2.14 bits per heavy atom. The highest BCUT2D eigenvalue weighted by molar-refractivity contribution is 14.0. The number of hydrogen-bond acceptors (Lipinski definition) is 3. The van der Waals surface area contributed by atoms with Crippen molar-refractivity contribution >= 4 is 41.0 Å². The topological polar surface area (TPSA) is 42.7 Å². The minimum Gasteiger partial charge on any atom is -0.387 e. The molecule has 0 saturated carbocycles. The number of aromatic nitrogens is 3. The number of para-hydroxylation sites is 1. The molecule has 1 aliphatic heterocycles. The van der Waals surface area contributed by atoms with Crippen molar-refractivity contribution in [2.24, 2.45) is 0 Å². The second-order valence-electron chi connectivity index (χ2n) is 10.8. The van der Waals surface area contributed by atoms with Crippen LogP contribution in [-0.2, 0) is 6.54 Å². The molecule has 0 amide bonds. The predicted octanol–water partition coefficient (Wildman–Crippen LogP) is 9.78. The average Bonchev–Trinajstić information content (AvgIpc) is 3.43. The second-order valence-corrected chi connectivity index (χ2v) is 10.8. The van der Waals surface area contributed by atoms with Crippen LogP contribution in [0.1, 0.15) is 11.3 Å². The van der Waals surface area contributed by atoms with Gasteiger partial charge in [0.05, 0.1) is 28.3 Å². The van der Waals surface area contributed by atoms with Crippen molar-refractivity contribution in [1.29, 1.82) is 0 Å². The van der Waals surface area contributed by atoms with Crippen LogP contribution in [0.25, 0.3) is 67.6 Å². The molecule has 0 spiro atoms. The van der Waals surface area contributed by atoms with Crippen molar-refractivity contribution in [3.63, 3.8) is 0 Å². The molecule has 1 aliphatic rings. The standard InChI is InChI=1S/C39H28N4.HI/c1-2-9-27(10-3-1)29-11-8-12-30(23-29)36-24-31(25-37(42-36)35-14-6-7-21-41-35)28-16-18-32(19-17-28)43-38-15-5-4-13-33(38)34-26-40-22-20-39(34)43;/h1-25,40H,26H2;1H. The first-order valence-electron chi connectivity index (χ1n) is 14.5. The lowest BCUT2D eigenvalue weighted by Gasteiger charge is -2.14. The quantitative estimate of drug-likeness (QED) is 0.184. The molecule has 0 saturated heterocycles. The number of hydrogen-bond donors (Lipinski definition) is 1. The van der Waals surface area contributed by atoms with Crippen molar-refractivity contribution in [3.8, 4) is 50.6 Å². The highest BCUT2D eigenvalue weighted by Crippen LogP contribution is 2.35. The van der Waals surface area contributed by atoms with Crippen molar-refractivity contribution in [2.45, 2.75) is 6.54 Å². The van der Waals surface area contributed by atoms with E-state index in [1.165, 1.54) is 33.3 Å². The summed E-state index contributed by atoms with van der Waals surface area (Å²) < 4.78 is 2.36. The van der Waals surface area contributed by atoms with E-state index in [4.69, 9.17) is 4.98 Å². The molecule has 44 heavy (non-hydrogen) atoms. The van der Waals surface area contributed by atoms with Crippen molar-refractivity contribution < 1.29 is 0 Å². The van der Waals surface area contributed by atoms with Crippen LogP contribution in [0.2, 0.25) is 0 Å². The number of rotatable bonds is 5. The number of halogens is 1. The Hall–Kier alpha value is -5.01. The van der Waals surface area contributed by atoms with Gasteiger partial charge in [-0.15, -0.1) is 24.0 Å². The van der Waals surface area contributed by atoms with Crippen LogP contribution in [0.4, 0.5) is 0 Å². The van der Waals surface area contributed by atoms with Gasteiger partial charge in [0.2, 0.25) is 0 Å². The van der Waals surface area contributed by atoms with E-state index in [2.05, 4.69) is 130 Å². The van der Waals surface area contributed by atoms with Crippen molar-refractivity contribution in [3.05, 3.63) is 157 Å². The Kier molecular flexibility index (Phi) is 7.54. The van der Waals surface area contributed by atoms with Crippen LogP contribution in [0, 0.1) is 0 Å². The van der Waals surface area contributed by atoms with Crippen molar-refractivity contribution in [2.75, 3.05) is 0 Å². The van der Waals surface area contributed by atoms with Crippen LogP contribution in [0.3, 0.4) is 0 Å². The van der Waals surface area contributed by atoms with E-state index in [0.29, 0.717) is 0 Å². The summed E-state index contributed by atoms with van der Waals surface area (Å²) in [5, 5.41) is 4.66. The molecule has 212 valence electrons. The minimum absolute atomic E-state index is 0. The Balaban J connectivity index is 0.00000312. The van der Waals surface area contributed by atoms with Crippen LogP contribution >= 0.6 is 24.0 Å². The van der Waals surface area contributed by atoms with Crippen LogP contribution in [-0.4, -0.2) is 14.5 Å². The molecule has 0 radical (unpaired) electrons. The third-order valence-corrected chi connectivity index (χ3v) is 8.14. The molecule has 3 aromatic heterocycles. The van der Waals surface area contributed by atoms with E-state index in [1.807, 2.05) is 36.7 Å². The average molecular weight is 681 g/mol. The first kappa shape index (κ1) is 27.8. The lowest BCUT2D eigenvalue weighted by Crippen LogP contribution is -2.10. The smallest absolute Gasteiger partial charge is 0.0899 e. The van der Waals surface area contributed by atoms with Gasteiger partial charge in [0.1, 0.15) is 0 Å². The lowest BCUT2D eigenvalue weighted by atomic mass is 9.98. The van der Waals surface area contributed by atoms with Gasteiger partial charge in [0.15, 0.2) is 0 Å². The molecule has 8 rings (SSSR count). The Labute approximate surface area is 273 Å². The largest absolute Gasteiger partial charge is 0.387 e. The van der Waals surface area contributed by atoms with Gasteiger partial charge in [-0.3, -0.25) is 4.98 Å². The highest BCUT2D eigenvalue weighted by atomic mass is 127. The van der Waals surface area contributed by atoms with Gasteiger partial charge in [-0.25, -0.2) is 4.98 Å². The van der Waals surface area contributed by atoms with Gasteiger partial charge < -0.3 is 9.88 Å². The van der Waals surface area contributed by atoms with Gasteiger partial charge in [-0.2, -0.15) is 0 Å². The third-order valence-electron chi connectivity index (χ3n) is 8.14. The summed E-state index contributed by atoms with van der Waals surface area (Å²) >= 11 is 0. The van der Waals surface area contributed by atoms with Crippen LogP contribution in [0.5, 0.6) is 0 Å². The summed E-state index contributed by atoms with van der Waals surface area (Å²) in [5.74, 6) is 0. The van der Waals surface area contributed by atoms with Gasteiger partial charge in [0.25, 0.3) is 0 Å². The summed E-state index contributed by atoms with van der Waals surface area (Å²) in [5.41, 5.74) is 13.2. The Bertz CT molecular complexity index is 2110. The second kappa shape index (κ2) is 11.9. The predicted molar refractivity (Wildman–Crippen MR) is 192 cm³/mol. The summed E-state index contributed by atoms with van der Waals surface area (Å²) in [6.45, 7) is 0.832. The monoisotopic (exact) mass is 680 g/mol.